The van der Waals surface area contributed by atoms with Crippen LogP contribution in [0.1, 0.15) is 45.4 Å². The quantitative estimate of drug-likeness (QED) is 0.816. The molecule has 0 unspecified atom stereocenters. The molecule has 0 aliphatic carbocycles. The third-order valence-corrected chi connectivity index (χ3v) is 4.59. The van der Waals surface area contributed by atoms with Crippen molar-refractivity contribution in [3.63, 3.8) is 0 Å². The largest absolute Gasteiger partial charge is 0.422 e. The standard InChI is InChI=1S/C17H27N5O/c1-4-8-21(9-5-2)14-6-10-22(11-7-14)16-15-17(19-12-18-16)23-13(3)20-15/h12,14H,4-11H2,1-3H3. The Kier molecular flexibility index (Phi) is 5.10. The molecular formula is C17H27N5O. The number of piperidine rings is 1. The first-order valence-electron chi connectivity index (χ1n) is 8.80. The summed E-state index contributed by atoms with van der Waals surface area (Å²) in [5.41, 5.74) is 1.38. The van der Waals surface area contributed by atoms with E-state index in [4.69, 9.17) is 4.42 Å². The fraction of sp³-hybridized carbons (Fsp3) is 0.706. The fourth-order valence-electron chi connectivity index (χ4n) is 3.57. The van der Waals surface area contributed by atoms with E-state index in [2.05, 4.69) is 38.6 Å². The molecule has 1 aliphatic heterocycles. The number of nitrogens with zero attached hydrogens (tertiary/aromatic N) is 5. The summed E-state index contributed by atoms with van der Waals surface area (Å²) in [6.07, 6.45) is 6.40. The van der Waals surface area contributed by atoms with Crippen molar-refractivity contribution < 1.29 is 4.42 Å². The first kappa shape index (κ1) is 16.2. The molecule has 2 aromatic heterocycles. The minimum absolute atomic E-state index is 0.591. The summed E-state index contributed by atoms with van der Waals surface area (Å²) < 4.78 is 5.53. The maximum Gasteiger partial charge on any atom is 0.252 e. The van der Waals surface area contributed by atoms with Crippen LogP contribution in [-0.2, 0) is 0 Å². The highest BCUT2D eigenvalue weighted by molar-refractivity contribution is 5.81. The van der Waals surface area contributed by atoms with Crippen molar-refractivity contribution >= 4 is 17.0 Å². The molecule has 2 aromatic rings. The maximum atomic E-state index is 5.53. The molecule has 0 spiro atoms. The molecule has 1 fully saturated rings. The molecular weight excluding hydrogens is 290 g/mol. The minimum atomic E-state index is 0.591. The van der Waals surface area contributed by atoms with Gasteiger partial charge in [0.15, 0.2) is 17.2 Å². The van der Waals surface area contributed by atoms with Crippen molar-refractivity contribution in [2.45, 2.75) is 52.5 Å². The van der Waals surface area contributed by atoms with Gasteiger partial charge in [-0.05, 0) is 38.8 Å². The molecule has 6 heteroatoms. The maximum absolute atomic E-state index is 5.53. The molecule has 23 heavy (non-hydrogen) atoms. The van der Waals surface area contributed by atoms with Crippen LogP contribution in [0.25, 0.3) is 11.2 Å². The molecule has 0 radical (unpaired) electrons. The molecule has 0 aromatic carbocycles. The summed E-state index contributed by atoms with van der Waals surface area (Å²) in [6, 6.07) is 0.697. The highest BCUT2D eigenvalue weighted by atomic mass is 16.4. The Morgan fingerprint density at radius 2 is 1.87 bits per heavy atom. The molecule has 0 N–H and O–H groups in total. The Bertz CT molecular complexity index is 627. The van der Waals surface area contributed by atoms with Gasteiger partial charge in [-0.3, -0.25) is 0 Å². The lowest BCUT2D eigenvalue weighted by Crippen LogP contribution is -2.45. The normalized spacial score (nSPS) is 16.6. The number of oxazole rings is 1. The summed E-state index contributed by atoms with van der Waals surface area (Å²) >= 11 is 0. The molecule has 0 amide bonds. The number of hydrogen-bond donors (Lipinski definition) is 0. The van der Waals surface area contributed by atoms with Gasteiger partial charge in [0.2, 0.25) is 0 Å². The fourth-order valence-corrected chi connectivity index (χ4v) is 3.57. The second kappa shape index (κ2) is 7.25. The molecule has 0 atom stereocenters. The topological polar surface area (TPSA) is 58.3 Å². The zero-order valence-corrected chi connectivity index (χ0v) is 14.5. The monoisotopic (exact) mass is 317 g/mol. The number of fused-ring (bicyclic) bond motifs is 1. The molecule has 3 heterocycles. The van der Waals surface area contributed by atoms with E-state index in [1.165, 1.54) is 38.8 Å². The van der Waals surface area contributed by atoms with Gasteiger partial charge >= 0.3 is 0 Å². The van der Waals surface area contributed by atoms with Gasteiger partial charge in [0.1, 0.15) is 6.33 Å². The van der Waals surface area contributed by atoms with Crippen molar-refractivity contribution in [2.75, 3.05) is 31.1 Å². The SMILES string of the molecule is CCCN(CCC)C1CCN(c2ncnc3oc(C)nc23)CC1. The summed E-state index contributed by atoms with van der Waals surface area (Å²) in [7, 11) is 0. The molecule has 0 saturated carbocycles. The van der Waals surface area contributed by atoms with Crippen molar-refractivity contribution in [2.24, 2.45) is 0 Å². The summed E-state index contributed by atoms with van der Waals surface area (Å²) in [5, 5.41) is 0. The minimum Gasteiger partial charge on any atom is -0.422 e. The van der Waals surface area contributed by atoms with Gasteiger partial charge in [-0.15, -0.1) is 0 Å². The van der Waals surface area contributed by atoms with Crippen molar-refractivity contribution in [1.82, 2.24) is 19.9 Å². The Morgan fingerprint density at radius 1 is 1.17 bits per heavy atom. The predicted octanol–water partition coefficient (Wildman–Crippen LogP) is 3.02. The van der Waals surface area contributed by atoms with Crippen LogP contribution in [0, 0.1) is 6.92 Å². The Balaban J connectivity index is 1.70. The summed E-state index contributed by atoms with van der Waals surface area (Å²) in [4.78, 5) is 18.1. The lowest BCUT2D eigenvalue weighted by atomic mass is 10.0. The second-order valence-electron chi connectivity index (χ2n) is 6.34. The Morgan fingerprint density at radius 3 is 2.52 bits per heavy atom. The number of aromatic nitrogens is 3. The van der Waals surface area contributed by atoms with Gasteiger partial charge in [0.05, 0.1) is 0 Å². The van der Waals surface area contributed by atoms with Gasteiger partial charge in [-0.1, -0.05) is 13.8 Å². The van der Waals surface area contributed by atoms with E-state index in [1.54, 1.807) is 6.33 Å². The van der Waals surface area contributed by atoms with Crippen LogP contribution in [-0.4, -0.2) is 52.1 Å². The third kappa shape index (κ3) is 3.47. The van der Waals surface area contributed by atoms with E-state index in [1.807, 2.05) is 6.92 Å². The van der Waals surface area contributed by atoms with E-state index in [0.29, 0.717) is 17.6 Å². The molecule has 0 bridgehead atoms. The van der Waals surface area contributed by atoms with E-state index < -0.39 is 0 Å². The van der Waals surface area contributed by atoms with Crippen LogP contribution in [0.15, 0.2) is 10.7 Å². The zero-order valence-electron chi connectivity index (χ0n) is 14.5. The van der Waals surface area contributed by atoms with Crippen LogP contribution < -0.4 is 4.90 Å². The highest BCUT2D eigenvalue weighted by Gasteiger charge is 2.26. The Labute approximate surface area is 137 Å². The molecule has 3 rings (SSSR count). The van der Waals surface area contributed by atoms with E-state index in [0.717, 1.165) is 24.4 Å². The summed E-state index contributed by atoms with van der Waals surface area (Å²) in [6.45, 7) is 10.8. The highest BCUT2D eigenvalue weighted by Crippen LogP contribution is 2.27. The summed E-state index contributed by atoms with van der Waals surface area (Å²) in [5.74, 6) is 1.57. The van der Waals surface area contributed by atoms with Gasteiger partial charge in [-0.25, -0.2) is 9.97 Å². The first-order valence-corrected chi connectivity index (χ1v) is 8.80. The van der Waals surface area contributed by atoms with Crippen molar-refractivity contribution in [3.05, 3.63) is 12.2 Å². The molecule has 1 aliphatic rings. The van der Waals surface area contributed by atoms with Gasteiger partial charge in [0, 0.05) is 26.1 Å². The van der Waals surface area contributed by atoms with Gasteiger partial charge in [0.25, 0.3) is 5.71 Å². The van der Waals surface area contributed by atoms with Gasteiger partial charge in [-0.2, -0.15) is 4.98 Å². The number of anilines is 1. The number of hydrogen-bond acceptors (Lipinski definition) is 6. The van der Waals surface area contributed by atoms with Crippen LogP contribution in [0.5, 0.6) is 0 Å². The Hall–Kier alpha value is -1.69. The predicted molar refractivity (Wildman–Crippen MR) is 91.7 cm³/mol. The van der Waals surface area contributed by atoms with Gasteiger partial charge < -0.3 is 14.2 Å². The molecule has 6 nitrogen and oxygen atoms in total. The van der Waals surface area contributed by atoms with Crippen LogP contribution in [0.4, 0.5) is 5.82 Å². The number of aryl methyl sites for hydroxylation is 1. The smallest absolute Gasteiger partial charge is 0.252 e. The number of rotatable bonds is 6. The van der Waals surface area contributed by atoms with E-state index in [-0.39, 0.29) is 0 Å². The lowest BCUT2D eigenvalue weighted by Gasteiger charge is -2.38. The van der Waals surface area contributed by atoms with E-state index >= 15 is 0 Å². The average Bonchev–Trinajstić information content (AvgIpc) is 2.95. The average molecular weight is 317 g/mol. The second-order valence-corrected chi connectivity index (χ2v) is 6.34. The zero-order chi connectivity index (χ0) is 16.2. The third-order valence-electron chi connectivity index (χ3n) is 4.59. The van der Waals surface area contributed by atoms with Crippen LogP contribution in [0.2, 0.25) is 0 Å². The molecule has 1 saturated heterocycles. The van der Waals surface area contributed by atoms with E-state index in [9.17, 15) is 0 Å². The first-order chi connectivity index (χ1) is 11.2. The van der Waals surface area contributed by atoms with Crippen LogP contribution >= 0.6 is 0 Å². The molecule has 126 valence electrons. The van der Waals surface area contributed by atoms with Crippen molar-refractivity contribution in [1.29, 1.82) is 0 Å². The lowest BCUT2D eigenvalue weighted by molar-refractivity contribution is 0.169. The van der Waals surface area contributed by atoms with Crippen molar-refractivity contribution in [3.8, 4) is 0 Å². The van der Waals surface area contributed by atoms with Crippen LogP contribution in [0.3, 0.4) is 0 Å².